The summed E-state index contributed by atoms with van der Waals surface area (Å²) >= 11 is 5.73. The fourth-order valence-electron chi connectivity index (χ4n) is 11.5. The van der Waals surface area contributed by atoms with Crippen LogP contribution in [0.1, 0.15) is 115 Å². The highest BCUT2D eigenvalue weighted by molar-refractivity contribution is 6.18. The Morgan fingerprint density at radius 3 is 1.47 bits per heavy atom. The number of aliphatic carboxylic acids is 1. The van der Waals surface area contributed by atoms with Gasteiger partial charge in [-0.1, -0.05) is 30.3 Å². The van der Waals surface area contributed by atoms with Crippen molar-refractivity contribution in [1.82, 2.24) is 0 Å². The number of carbonyl (C=O) groups is 4. The minimum atomic E-state index is -4.37. The van der Waals surface area contributed by atoms with Crippen molar-refractivity contribution < 1.29 is 110 Å². The van der Waals surface area contributed by atoms with E-state index < -0.39 is 29.4 Å². The average molecular weight is 1400 g/mol. The van der Waals surface area contributed by atoms with Gasteiger partial charge in [0.15, 0.2) is 0 Å². The second-order valence-electron chi connectivity index (χ2n) is 23.6. The van der Waals surface area contributed by atoms with Crippen LogP contribution in [0.15, 0.2) is 134 Å². The molecule has 100 heavy (non-hydrogen) atoms. The van der Waals surface area contributed by atoms with E-state index in [0.29, 0.717) is 111 Å². The average Bonchev–Trinajstić information content (AvgIpc) is 1.65. The molecule has 1 aliphatic carbocycles. The van der Waals surface area contributed by atoms with Gasteiger partial charge in [-0.25, -0.2) is 4.79 Å². The van der Waals surface area contributed by atoms with Crippen LogP contribution in [0.5, 0.6) is 51.7 Å². The summed E-state index contributed by atoms with van der Waals surface area (Å²) < 4.78 is 86.8. The van der Waals surface area contributed by atoms with Gasteiger partial charge in [0.2, 0.25) is 0 Å². The van der Waals surface area contributed by atoms with Gasteiger partial charge in [-0.3, -0.25) is 19.2 Å². The number of furan rings is 2. The quantitative estimate of drug-likeness (QED) is 0.0274. The number of rotatable bonds is 11. The van der Waals surface area contributed by atoms with Crippen LogP contribution in [0, 0.1) is 41.5 Å². The lowest BCUT2D eigenvalue weighted by Gasteiger charge is -2.19. The van der Waals surface area contributed by atoms with E-state index in [0.717, 1.165) is 50.0 Å². The molecule has 0 saturated heterocycles. The molecule has 7 N–H and O–H groups in total. The summed E-state index contributed by atoms with van der Waals surface area (Å²) in [7, 11) is 4.08. The SMILES string of the molecule is COC(=O)CC1COc2c1ccc(O)c2C.COC(=O)CC1COc2c1ccc(OC1CCc3c1cccc3C(F)(F)F)c2C.COC(=O)Cc1coc2c(C)c(O)ccc12.Cc1c(O)ccc2c(CC(=O)O)coc12.Cc1c(O)ccc2c(CCl)cc(=O)oc12.Cc1c(O)cccc1O. The number of benzene rings is 7. The van der Waals surface area contributed by atoms with Gasteiger partial charge in [-0.2, -0.15) is 13.2 Å². The highest BCUT2D eigenvalue weighted by atomic mass is 35.5. The Balaban J connectivity index is 0.000000158. The summed E-state index contributed by atoms with van der Waals surface area (Å²) in [5.41, 5.74) is 9.33. The number of hydrogen-bond donors (Lipinski definition) is 7. The summed E-state index contributed by atoms with van der Waals surface area (Å²) in [5.74, 6) is 1.34. The van der Waals surface area contributed by atoms with Gasteiger partial charge in [0.25, 0.3) is 0 Å². The summed E-state index contributed by atoms with van der Waals surface area (Å²) in [6.45, 7) is 11.4. The molecule has 3 unspecified atom stereocenters. The maximum absolute atomic E-state index is 13.3. The first-order valence-electron chi connectivity index (χ1n) is 31.2. The van der Waals surface area contributed by atoms with Crippen LogP contribution >= 0.6 is 11.6 Å². The van der Waals surface area contributed by atoms with E-state index in [-0.39, 0.29) is 89.4 Å². The summed E-state index contributed by atoms with van der Waals surface area (Å²) in [6.07, 6.45) is -0.387. The summed E-state index contributed by atoms with van der Waals surface area (Å²) in [6, 6.07) is 27.2. The predicted molar refractivity (Wildman–Crippen MR) is 362 cm³/mol. The fraction of sp³-hybridized carbons (Fsp3) is 0.293. The highest BCUT2D eigenvalue weighted by Gasteiger charge is 2.39. The topological polar surface area (TPSA) is 322 Å². The van der Waals surface area contributed by atoms with Gasteiger partial charge in [0.05, 0.1) is 78.3 Å². The molecule has 13 rings (SSSR count). The normalized spacial score (nSPS) is 14.4. The van der Waals surface area contributed by atoms with Gasteiger partial charge in [-0.05, 0) is 138 Å². The number of methoxy groups -OCH3 is 3. The Morgan fingerprint density at radius 2 is 0.980 bits per heavy atom. The van der Waals surface area contributed by atoms with Crippen molar-refractivity contribution in [3.63, 3.8) is 0 Å². The molecular weight excluding hydrogens is 1330 g/mol. The van der Waals surface area contributed by atoms with E-state index in [1.54, 1.807) is 101 Å². The Kier molecular flexibility index (Phi) is 24.4. The Morgan fingerprint density at radius 1 is 0.530 bits per heavy atom. The first-order chi connectivity index (χ1) is 47.5. The zero-order chi connectivity index (χ0) is 73.0. The molecule has 0 spiro atoms. The first kappa shape index (κ1) is 74.8. The third-order valence-corrected chi connectivity index (χ3v) is 17.5. The van der Waals surface area contributed by atoms with E-state index in [4.69, 9.17) is 59.1 Å². The van der Waals surface area contributed by atoms with Crippen molar-refractivity contribution in [3.05, 3.63) is 204 Å². The molecular formula is C75H74ClF3O21. The Bertz CT molecular complexity index is 4700. The maximum Gasteiger partial charge on any atom is 0.416 e. The number of phenols is 6. The summed E-state index contributed by atoms with van der Waals surface area (Å²) in [5, 5.41) is 66.8. The van der Waals surface area contributed by atoms with E-state index in [1.165, 1.54) is 58.1 Å². The molecule has 3 aromatic heterocycles. The Labute approximate surface area is 576 Å². The number of aryl methyl sites for hydroxylation is 3. The molecule has 0 radical (unpaired) electrons. The second-order valence-corrected chi connectivity index (χ2v) is 23.8. The largest absolute Gasteiger partial charge is 0.508 e. The van der Waals surface area contributed by atoms with E-state index >= 15 is 0 Å². The van der Waals surface area contributed by atoms with Gasteiger partial charge >= 0.3 is 35.7 Å². The molecule has 0 amide bonds. The number of hydrogen-bond acceptors (Lipinski definition) is 20. The van der Waals surface area contributed by atoms with Crippen molar-refractivity contribution in [1.29, 1.82) is 0 Å². The second kappa shape index (κ2) is 32.6. The summed E-state index contributed by atoms with van der Waals surface area (Å²) in [4.78, 5) is 55.7. The molecule has 0 bridgehead atoms. The number of ether oxygens (including phenoxy) is 6. The molecule has 21 nitrogen and oxygen atoms in total. The third-order valence-electron chi connectivity index (χ3n) is 17.2. The molecule has 0 saturated carbocycles. The number of esters is 3. The lowest BCUT2D eigenvalue weighted by Crippen LogP contribution is -2.10. The van der Waals surface area contributed by atoms with Gasteiger partial charge in [0, 0.05) is 95.6 Å². The zero-order valence-electron chi connectivity index (χ0n) is 55.9. The Hall–Kier alpha value is -11.0. The van der Waals surface area contributed by atoms with Gasteiger partial charge in [0.1, 0.15) is 74.6 Å². The molecule has 7 aromatic carbocycles. The van der Waals surface area contributed by atoms with Crippen molar-refractivity contribution in [3.8, 4) is 51.7 Å². The van der Waals surface area contributed by atoms with Crippen LogP contribution in [-0.4, -0.2) is 94.2 Å². The van der Waals surface area contributed by atoms with Crippen molar-refractivity contribution in [2.75, 3.05) is 34.5 Å². The van der Waals surface area contributed by atoms with Crippen LogP contribution in [0.2, 0.25) is 0 Å². The van der Waals surface area contributed by atoms with Gasteiger partial charge < -0.3 is 77.4 Å². The molecule has 3 aliphatic rings. The molecule has 5 heterocycles. The van der Waals surface area contributed by atoms with Crippen molar-refractivity contribution in [2.45, 2.75) is 110 Å². The van der Waals surface area contributed by atoms with E-state index in [1.807, 2.05) is 13.0 Å². The first-order valence-corrected chi connectivity index (χ1v) is 31.7. The van der Waals surface area contributed by atoms with Crippen LogP contribution in [0.25, 0.3) is 32.9 Å². The van der Waals surface area contributed by atoms with E-state index in [2.05, 4.69) is 9.47 Å². The number of alkyl halides is 4. The van der Waals surface area contributed by atoms with Crippen LogP contribution < -0.4 is 19.8 Å². The lowest BCUT2D eigenvalue weighted by atomic mass is 9.96. The van der Waals surface area contributed by atoms with Crippen LogP contribution in [0.3, 0.4) is 0 Å². The predicted octanol–water partition coefficient (Wildman–Crippen LogP) is 15.0. The number of fused-ring (bicyclic) bond motifs is 6. The van der Waals surface area contributed by atoms with E-state index in [9.17, 15) is 57.6 Å². The van der Waals surface area contributed by atoms with Crippen molar-refractivity contribution >= 4 is 68.4 Å². The lowest BCUT2D eigenvalue weighted by molar-refractivity contribution is -0.142. The molecule has 25 heteroatoms. The number of halogens is 4. The number of aromatic hydroxyl groups is 6. The van der Waals surface area contributed by atoms with Crippen LogP contribution in [0.4, 0.5) is 13.2 Å². The standard InChI is InChI=1S/C22H21F3O4.C12H14O4.C12H12O4.C11H9ClO3.C11H10O4.C7H8O2/c1-12-18(8-6-14-13(10-20(26)27-2)11-28-21(12)14)29-19-9-7-15-16(19)4-3-5-17(15)22(23,24)25;2*1-7-10(13)4-3-9-8(5-11(14)15-2)6-16-12(7)9;1-6-9(13)3-2-8-7(5-12)4-10(14)15-11(6)8;1-6-9(12)3-2-8-7(4-10(13)14)5-15-11(6)8;1-5-6(8)3-2-4-7(5)9/h3-6,8,13,19H,7,9-11H2,1-2H3;3-4,8,13H,5-6H2,1-2H3;3-4,6,13H,5H2,1-2H3;2-4,13H,5H2,1H3;2-3,5,12H,4H2,1H3,(H,13,14);2-4,8-9H,1H3. The molecule has 3 atom stereocenters. The minimum absolute atomic E-state index is 0.0294. The number of carboxylic acids is 1. The number of carbonyl (C=O) groups excluding carboxylic acids is 3. The van der Waals surface area contributed by atoms with Crippen LogP contribution in [-0.2, 0) is 64.7 Å². The fourth-order valence-corrected chi connectivity index (χ4v) is 11.7. The number of phenolic OH excluding ortho intramolecular Hbond substituents is 6. The third kappa shape index (κ3) is 17.3. The van der Waals surface area contributed by atoms with Crippen molar-refractivity contribution in [2.24, 2.45) is 0 Å². The monoisotopic (exact) mass is 1400 g/mol. The smallest absolute Gasteiger partial charge is 0.416 e. The molecule has 10 aromatic rings. The van der Waals surface area contributed by atoms with Gasteiger partial charge in [-0.15, -0.1) is 11.6 Å². The molecule has 2 aliphatic heterocycles. The minimum Gasteiger partial charge on any atom is -0.508 e. The number of carboxylic acid groups (broad SMARTS) is 1. The molecule has 528 valence electrons. The molecule has 0 fully saturated rings. The maximum atomic E-state index is 13.3. The zero-order valence-corrected chi connectivity index (χ0v) is 56.7. The highest BCUT2D eigenvalue weighted by Crippen LogP contribution is 2.47.